The van der Waals surface area contributed by atoms with E-state index >= 15 is 0 Å². The van der Waals surface area contributed by atoms with Gasteiger partial charge in [-0.25, -0.2) is 4.79 Å². The number of para-hydroxylation sites is 1. The summed E-state index contributed by atoms with van der Waals surface area (Å²) in [4.78, 5) is 23.7. The molecule has 1 aliphatic heterocycles. The Bertz CT molecular complexity index is 836. The van der Waals surface area contributed by atoms with Crippen LogP contribution in [0.2, 0.25) is 0 Å². The summed E-state index contributed by atoms with van der Waals surface area (Å²) in [5.74, 6) is -0.897. The van der Waals surface area contributed by atoms with Crippen LogP contribution in [0.4, 0.5) is 5.69 Å². The summed E-state index contributed by atoms with van der Waals surface area (Å²) in [6.07, 6.45) is 2.61. The third-order valence-corrected chi connectivity index (χ3v) is 5.34. The SMILES string of the molecule is COC(=O)C1=C(C)NC2=C(CCC(C)(C)C2)C1c1ccccc1[N+](=O)[O-]. The van der Waals surface area contributed by atoms with Gasteiger partial charge < -0.3 is 10.1 Å². The molecule has 1 unspecified atom stereocenters. The highest BCUT2D eigenvalue weighted by atomic mass is 16.6. The molecule has 2 aliphatic rings. The third-order valence-electron chi connectivity index (χ3n) is 5.34. The Hall–Kier alpha value is -2.63. The highest BCUT2D eigenvalue weighted by molar-refractivity contribution is 5.93. The van der Waals surface area contributed by atoms with Gasteiger partial charge in [-0.05, 0) is 37.2 Å². The number of nitro benzene ring substituents is 1. The molecule has 1 aromatic carbocycles. The Morgan fingerprint density at radius 2 is 2.04 bits per heavy atom. The molecule has 26 heavy (non-hydrogen) atoms. The molecule has 1 aliphatic carbocycles. The minimum atomic E-state index is -0.450. The first-order chi connectivity index (χ1) is 12.2. The first-order valence-electron chi connectivity index (χ1n) is 8.76. The van der Waals surface area contributed by atoms with Crippen molar-refractivity contribution in [3.05, 3.63) is 62.5 Å². The number of dihydropyridines is 1. The lowest BCUT2D eigenvalue weighted by atomic mass is 9.69. The average molecular weight is 356 g/mol. The predicted molar refractivity (Wildman–Crippen MR) is 98.3 cm³/mol. The van der Waals surface area contributed by atoms with Gasteiger partial charge in [0.15, 0.2) is 0 Å². The van der Waals surface area contributed by atoms with E-state index in [-0.39, 0.29) is 16.0 Å². The van der Waals surface area contributed by atoms with E-state index in [2.05, 4.69) is 19.2 Å². The van der Waals surface area contributed by atoms with Gasteiger partial charge in [0.2, 0.25) is 0 Å². The normalized spacial score (nSPS) is 21.8. The van der Waals surface area contributed by atoms with E-state index in [1.165, 1.54) is 13.2 Å². The molecule has 0 radical (unpaired) electrons. The Labute approximate surface area is 153 Å². The minimum Gasteiger partial charge on any atom is -0.466 e. The molecule has 3 rings (SSSR count). The molecule has 0 amide bonds. The van der Waals surface area contributed by atoms with Gasteiger partial charge in [0.25, 0.3) is 5.69 Å². The molecule has 0 fully saturated rings. The Morgan fingerprint density at radius 1 is 1.35 bits per heavy atom. The summed E-state index contributed by atoms with van der Waals surface area (Å²) in [7, 11) is 1.34. The monoisotopic (exact) mass is 356 g/mol. The van der Waals surface area contributed by atoms with Crippen molar-refractivity contribution in [2.24, 2.45) is 5.41 Å². The van der Waals surface area contributed by atoms with E-state index in [9.17, 15) is 14.9 Å². The maximum atomic E-state index is 12.5. The number of benzene rings is 1. The number of nitrogens with one attached hydrogen (secondary N) is 1. The summed E-state index contributed by atoms with van der Waals surface area (Å²) in [6, 6.07) is 6.67. The number of ether oxygens (including phenoxy) is 1. The second-order valence-corrected chi connectivity index (χ2v) is 7.75. The van der Waals surface area contributed by atoms with Gasteiger partial charge in [-0.3, -0.25) is 10.1 Å². The van der Waals surface area contributed by atoms with E-state index in [4.69, 9.17) is 4.74 Å². The minimum absolute atomic E-state index is 0.0327. The average Bonchev–Trinajstić information content (AvgIpc) is 2.59. The molecule has 0 saturated heterocycles. The molecule has 0 spiro atoms. The summed E-state index contributed by atoms with van der Waals surface area (Å²) < 4.78 is 5.00. The molecule has 138 valence electrons. The molecule has 0 saturated carbocycles. The summed E-state index contributed by atoms with van der Waals surface area (Å²) in [5.41, 5.74) is 4.04. The molecular formula is C20H24N2O4. The van der Waals surface area contributed by atoms with E-state index < -0.39 is 11.9 Å². The van der Waals surface area contributed by atoms with E-state index in [0.29, 0.717) is 16.8 Å². The van der Waals surface area contributed by atoms with Crippen molar-refractivity contribution in [2.45, 2.75) is 46.0 Å². The zero-order valence-corrected chi connectivity index (χ0v) is 15.6. The highest BCUT2D eigenvalue weighted by Gasteiger charge is 2.41. The second-order valence-electron chi connectivity index (χ2n) is 7.75. The van der Waals surface area contributed by atoms with Crippen LogP contribution in [-0.2, 0) is 9.53 Å². The van der Waals surface area contributed by atoms with Crippen LogP contribution in [0, 0.1) is 15.5 Å². The zero-order chi connectivity index (χ0) is 19.1. The molecule has 1 heterocycles. The highest BCUT2D eigenvalue weighted by Crippen LogP contribution is 2.49. The number of methoxy groups -OCH3 is 1. The van der Waals surface area contributed by atoms with Crippen LogP contribution in [-0.4, -0.2) is 18.0 Å². The van der Waals surface area contributed by atoms with Crippen molar-refractivity contribution in [1.82, 2.24) is 5.32 Å². The number of nitrogens with zero attached hydrogens (tertiary/aromatic N) is 1. The molecule has 0 aromatic heterocycles. The Morgan fingerprint density at radius 3 is 2.69 bits per heavy atom. The van der Waals surface area contributed by atoms with E-state index in [0.717, 1.165) is 30.5 Å². The lowest BCUT2D eigenvalue weighted by Crippen LogP contribution is -2.34. The third kappa shape index (κ3) is 3.11. The fourth-order valence-corrected chi connectivity index (χ4v) is 4.05. The van der Waals surface area contributed by atoms with Crippen molar-refractivity contribution in [2.75, 3.05) is 7.11 Å². The molecule has 1 atom stereocenters. The largest absolute Gasteiger partial charge is 0.466 e. The number of allylic oxidation sites excluding steroid dienone is 3. The number of carbonyl (C=O) groups excluding carboxylic acids is 1. The summed E-state index contributed by atoms with van der Waals surface area (Å²) in [6.45, 7) is 6.26. The van der Waals surface area contributed by atoms with Gasteiger partial charge in [-0.15, -0.1) is 0 Å². The van der Waals surface area contributed by atoms with Crippen molar-refractivity contribution < 1.29 is 14.5 Å². The number of esters is 1. The van der Waals surface area contributed by atoms with Crippen molar-refractivity contribution in [3.8, 4) is 0 Å². The standard InChI is InChI=1S/C20H24N2O4/c1-12-17(19(23)26-4)18(14-7-5-6-8-16(14)22(24)25)13-9-10-20(2,3)11-15(13)21-12/h5-8,18,21H,9-11H2,1-4H3. The predicted octanol–water partition coefficient (Wildman–Crippen LogP) is 4.19. The molecule has 6 heteroatoms. The Kier molecular flexibility index (Phi) is 4.61. The quantitative estimate of drug-likeness (QED) is 0.499. The van der Waals surface area contributed by atoms with Crippen LogP contribution in [0.1, 0.15) is 51.5 Å². The van der Waals surface area contributed by atoms with Crippen LogP contribution in [0.15, 0.2) is 46.8 Å². The maximum Gasteiger partial charge on any atom is 0.336 e. The Balaban J connectivity index is 2.22. The van der Waals surface area contributed by atoms with Crippen LogP contribution >= 0.6 is 0 Å². The fraction of sp³-hybridized carbons (Fsp3) is 0.450. The lowest BCUT2D eigenvalue weighted by Gasteiger charge is -2.40. The van der Waals surface area contributed by atoms with Gasteiger partial charge in [-0.1, -0.05) is 32.0 Å². The number of nitro groups is 1. The molecule has 1 aromatic rings. The van der Waals surface area contributed by atoms with Crippen molar-refractivity contribution in [1.29, 1.82) is 0 Å². The van der Waals surface area contributed by atoms with Crippen LogP contribution in [0.25, 0.3) is 0 Å². The van der Waals surface area contributed by atoms with Gasteiger partial charge in [0.05, 0.1) is 17.6 Å². The molecular weight excluding hydrogens is 332 g/mol. The van der Waals surface area contributed by atoms with Gasteiger partial charge >= 0.3 is 5.97 Å². The van der Waals surface area contributed by atoms with Gasteiger partial charge in [0, 0.05) is 28.9 Å². The number of carbonyl (C=O) groups is 1. The number of rotatable bonds is 3. The second kappa shape index (κ2) is 6.59. The molecule has 1 N–H and O–H groups in total. The summed E-state index contributed by atoms with van der Waals surface area (Å²) >= 11 is 0. The van der Waals surface area contributed by atoms with Crippen molar-refractivity contribution in [3.63, 3.8) is 0 Å². The van der Waals surface area contributed by atoms with Crippen LogP contribution in [0.3, 0.4) is 0 Å². The van der Waals surface area contributed by atoms with E-state index in [1.54, 1.807) is 18.2 Å². The van der Waals surface area contributed by atoms with Gasteiger partial charge in [-0.2, -0.15) is 0 Å². The fourth-order valence-electron chi connectivity index (χ4n) is 4.05. The molecule has 0 bridgehead atoms. The maximum absolute atomic E-state index is 12.5. The topological polar surface area (TPSA) is 81.5 Å². The van der Waals surface area contributed by atoms with Crippen molar-refractivity contribution >= 4 is 11.7 Å². The van der Waals surface area contributed by atoms with Gasteiger partial charge in [0.1, 0.15) is 0 Å². The molecule has 6 nitrogen and oxygen atoms in total. The number of hydrogen-bond donors (Lipinski definition) is 1. The first kappa shape index (κ1) is 18.2. The van der Waals surface area contributed by atoms with Crippen LogP contribution in [0.5, 0.6) is 0 Å². The lowest BCUT2D eigenvalue weighted by molar-refractivity contribution is -0.385. The van der Waals surface area contributed by atoms with E-state index in [1.807, 2.05) is 6.92 Å². The van der Waals surface area contributed by atoms with Crippen LogP contribution < -0.4 is 5.32 Å². The number of hydrogen-bond acceptors (Lipinski definition) is 5. The first-order valence-corrected chi connectivity index (χ1v) is 8.76. The smallest absolute Gasteiger partial charge is 0.336 e. The summed E-state index contributed by atoms with van der Waals surface area (Å²) in [5, 5.41) is 15.0. The zero-order valence-electron chi connectivity index (χ0n) is 15.6.